The Balaban J connectivity index is 1.80. The molecule has 9 heteroatoms. The topological polar surface area (TPSA) is 101 Å². The van der Waals surface area contributed by atoms with Gasteiger partial charge in [0.15, 0.2) is 0 Å². The van der Waals surface area contributed by atoms with Crippen molar-refractivity contribution in [2.45, 2.75) is 18.1 Å². The first-order valence-corrected chi connectivity index (χ1v) is 10.3. The van der Waals surface area contributed by atoms with Crippen molar-refractivity contribution in [3.8, 4) is 0 Å². The van der Waals surface area contributed by atoms with E-state index in [1.807, 2.05) is 6.92 Å². The molecule has 0 radical (unpaired) electrons. The Labute approximate surface area is 160 Å². The van der Waals surface area contributed by atoms with Gasteiger partial charge in [-0.25, -0.2) is 13.8 Å². The van der Waals surface area contributed by atoms with Gasteiger partial charge in [-0.3, -0.25) is 9.52 Å². The maximum absolute atomic E-state index is 12.5. The summed E-state index contributed by atoms with van der Waals surface area (Å²) in [5.41, 5.74) is 3.25. The normalized spacial score (nSPS) is 12.0. The standard InChI is InChI=1S/C18H17N3O4S2/c1-12-9-10-16(25-12)13(2)19-20-18(22)14-6-3-4-7-15(14)21-27(23,24)17-8-5-11-26-17/h3-11,21H,1-2H3,(H,20,22)/b19-13-. The Kier molecular flexibility index (Phi) is 5.43. The quantitative estimate of drug-likeness (QED) is 0.485. The number of aryl methyl sites for hydroxylation is 1. The van der Waals surface area contributed by atoms with Gasteiger partial charge in [-0.05, 0) is 49.6 Å². The molecule has 140 valence electrons. The minimum Gasteiger partial charge on any atom is -0.460 e. The van der Waals surface area contributed by atoms with E-state index in [0.29, 0.717) is 11.5 Å². The van der Waals surface area contributed by atoms with E-state index in [1.54, 1.807) is 42.6 Å². The number of thiophene rings is 1. The Morgan fingerprint density at radius 3 is 2.56 bits per heavy atom. The summed E-state index contributed by atoms with van der Waals surface area (Å²) in [5, 5.41) is 5.69. The number of hydrogen-bond donors (Lipinski definition) is 2. The monoisotopic (exact) mass is 403 g/mol. The molecule has 27 heavy (non-hydrogen) atoms. The van der Waals surface area contributed by atoms with Crippen molar-refractivity contribution in [3.63, 3.8) is 0 Å². The van der Waals surface area contributed by atoms with Gasteiger partial charge in [0, 0.05) is 0 Å². The zero-order valence-electron chi connectivity index (χ0n) is 14.6. The number of sulfonamides is 1. The van der Waals surface area contributed by atoms with E-state index in [4.69, 9.17) is 4.42 Å². The Bertz CT molecular complexity index is 1080. The van der Waals surface area contributed by atoms with Crippen LogP contribution in [0.4, 0.5) is 5.69 Å². The van der Waals surface area contributed by atoms with Gasteiger partial charge in [0.05, 0.1) is 11.3 Å². The molecule has 0 spiro atoms. The number of para-hydroxylation sites is 1. The van der Waals surface area contributed by atoms with Crippen LogP contribution in [0, 0.1) is 6.92 Å². The molecule has 2 N–H and O–H groups in total. The lowest BCUT2D eigenvalue weighted by molar-refractivity contribution is 0.0955. The first-order valence-electron chi connectivity index (χ1n) is 7.93. The van der Waals surface area contributed by atoms with Crippen molar-refractivity contribution in [2.75, 3.05) is 4.72 Å². The molecule has 3 aromatic rings. The molecule has 0 bridgehead atoms. The lowest BCUT2D eigenvalue weighted by Crippen LogP contribution is -2.22. The second-order valence-electron chi connectivity index (χ2n) is 5.63. The summed E-state index contributed by atoms with van der Waals surface area (Å²) in [4.78, 5) is 12.5. The second kappa shape index (κ2) is 7.77. The summed E-state index contributed by atoms with van der Waals surface area (Å²) in [7, 11) is -3.76. The maximum Gasteiger partial charge on any atom is 0.273 e. The molecular weight excluding hydrogens is 386 g/mol. The molecule has 7 nitrogen and oxygen atoms in total. The van der Waals surface area contributed by atoms with Crippen LogP contribution in [0.5, 0.6) is 0 Å². The minimum atomic E-state index is -3.76. The van der Waals surface area contributed by atoms with E-state index in [2.05, 4.69) is 15.2 Å². The second-order valence-corrected chi connectivity index (χ2v) is 8.49. The third-order valence-electron chi connectivity index (χ3n) is 3.60. The molecule has 0 aliphatic rings. The lowest BCUT2D eigenvalue weighted by atomic mass is 10.2. The third kappa shape index (κ3) is 4.44. The van der Waals surface area contributed by atoms with Crippen LogP contribution >= 0.6 is 11.3 Å². The molecule has 0 aliphatic carbocycles. The van der Waals surface area contributed by atoms with Crippen molar-refractivity contribution in [2.24, 2.45) is 5.10 Å². The number of anilines is 1. The summed E-state index contributed by atoms with van der Waals surface area (Å²) in [5.74, 6) is 0.737. The number of benzene rings is 1. The van der Waals surface area contributed by atoms with E-state index in [9.17, 15) is 13.2 Å². The predicted octanol–water partition coefficient (Wildman–Crippen LogP) is 3.60. The predicted molar refractivity (Wildman–Crippen MR) is 105 cm³/mol. The van der Waals surface area contributed by atoms with Crippen molar-refractivity contribution in [1.29, 1.82) is 0 Å². The number of hydrazone groups is 1. The van der Waals surface area contributed by atoms with E-state index < -0.39 is 15.9 Å². The number of hydrogen-bond acceptors (Lipinski definition) is 6. The number of nitrogens with one attached hydrogen (secondary N) is 2. The summed E-state index contributed by atoms with van der Waals surface area (Å²) in [6, 6.07) is 13.0. The van der Waals surface area contributed by atoms with Crippen LogP contribution in [0.15, 0.2) is 67.6 Å². The van der Waals surface area contributed by atoms with Gasteiger partial charge in [0.1, 0.15) is 21.4 Å². The largest absolute Gasteiger partial charge is 0.460 e. The Morgan fingerprint density at radius 1 is 1.11 bits per heavy atom. The fourth-order valence-corrected chi connectivity index (χ4v) is 4.33. The smallest absolute Gasteiger partial charge is 0.273 e. The molecule has 0 saturated heterocycles. The Morgan fingerprint density at radius 2 is 1.89 bits per heavy atom. The molecule has 0 atom stereocenters. The number of carbonyl (C=O) groups excluding carboxylic acids is 1. The average Bonchev–Trinajstić information content (AvgIpc) is 3.31. The highest BCUT2D eigenvalue weighted by atomic mass is 32.2. The number of nitrogens with zero attached hydrogens (tertiary/aromatic N) is 1. The van der Waals surface area contributed by atoms with Gasteiger partial charge in [-0.2, -0.15) is 5.10 Å². The van der Waals surface area contributed by atoms with Crippen molar-refractivity contribution in [3.05, 3.63) is 71.0 Å². The van der Waals surface area contributed by atoms with Gasteiger partial charge in [0.2, 0.25) is 0 Å². The summed E-state index contributed by atoms with van der Waals surface area (Å²) >= 11 is 1.09. The summed E-state index contributed by atoms with van der Waals surface area (Å²) in [6.45, 7) is 3.51. The molecular formula is C18H17N3O4S2. The van der Waals surface area contributed by atoms with Crippen molar-refractivity contribution < 1.29 is 17.6 Å². The SMILES string of the molecule is C/C(=N/NC(=O)c1ccccc1NS(=O)(=O)c1cccs1)c1ccc(C)o1. The van der Waals surface area contributed by atoms with Crippen LogP contribution in [0.3, 0.4) is 0 Å². The molecule has 0 aliphatic heterocycles. The van der Waals surface area contributed by atoms with Crippen LogP contribution in [0.1, 0.15) is 28.8 Å². The van der Waals surface area contributed by atoms with E-state index in [0.717, 1.165) is 17.1 Å². The van der Waals surface area contributed by atoms with Gasteiger partial charge in [-0.1, -0.05) is 18.2 Å². The van der Waals surface area contributed by atoms with E-state index >= 15 is 0 Å². The summed E-state index contributed by atoms with van der Waals surface area (Å²) < 4.78 is 32.9. The van der Waals surface area contributed by atoms with E-state index in [-0.39, 0.29) is 15.5 Å². The van der Waals surface area contributed by atoms with Crippen LogP contribution < -0.4 is 10.1 Å². The fourth-order valence-electron chi connectivity index (χ4n) is 2.26. The highest BCUT2D eigenvalue weighted by Gasteiger charge is 2.19. The van der Waals surface area contributed by atoms with Gasteiger partial charge in [0.25, 0.3) is 15.9 Å². The molecule has 0 unspecified atom stereocenters. The van der Waals surface area contributed by atoms with Gasteiger partial charge >= 0.3 is 0 Å². The molecule has 0 fully saturated rings. The number of furan rings is 1. The first kappa shape index (κ1) is 18.9. The van der Waals surface area contributed by atoms with Gasteiger partial charge in [-0.15, -0.1) is 11.3 Å². The van der Waals surface area contributed by atoms with Crippen LogP contribution in [-0.4, -0.2) is 20.0 Å². The number of carbonyl (C=O) groups is 1. The number of rotatable bonds is 6. The number of amides is 1. The molecule has 0 saturated carbocycles. The Hall–Kier alpha value is -2.91. The zero-order valence-corrected chi connectivity index (χ0v) is 16.2. The molecule has 2 aromatic heterocycles. The first-order chi connectivity index (χ1) is 12.9. The fraction of sp³-hybridized carbons (Fsp3) is 0.111. The van der Waals surface area contributed by atoms with E-state index in [1.165, 1.54) is 18.2 Å². The molecule has 1 aromatic carbocycles. The van der Waals surface area contributed by atoms with Crippen LogP contribution in [0.25, 0.3) is 0 Å². The average molecular weight is 403 g/mol. The highest BCUT2D eigenvalue weighted by molar-refractivity contribution is 7.94. The molecule has 3 rings (SSSR count). The zero-order chi connectivity index (χ0) is 19.4. The highest BCUT2D eigenvalue weighted by Crippen LogP contribution is 2.22. The summed E-state index contributed by atoms with van der Waals surface area (Å²) in [6.07, 6.45) is 0. The maximum atomic E-state index is 12.5. The molecule has 1 amide bonds. The van der Waals surface area contributed by atoms with Crippen LogP contribution in [0.2, 0.25) is 0 Å². The lowest BCUT2D eigenvalue weighted by Gasteiger charge is -2.10. The molecule has 2 heterocycles. The van der Waals surface area contributed by atoms with Crippen LogP contribution in [-0.2, 0) is 10.0 Å². The van der Waals surface area contributed by atoms with Crippen molar-refractivity contribution in [1.82, 2.24) is 5.43 Å². The third-order valence-corrected chi connectivity index (χ3v) is 6.36. The van der Waals surface area contributed by atoms with Crippen molar-refractivity contribution >= 4 is 38.7 Å². The minimum absolute atomic E-state index is 0.157. The van der Waals surface area contributed by atoms with Gasteiger partial charge < -0.3 is 4.42 Å².